The number of hydrogen-bond donors (Lipinski definition) is 1. The second kappa shape index (κ2) is 10.5. The molecule has 0 saturated carbocycles. The van der Waals surface area contributed by atoms with Crippen LogP contribution < -0.4 is 14.8 Å². The van der Waals surface area contributed by atoms with E-state index in [-0.39, 0.29) is 17.7 Å². The van der Waals surface area contributed by atoms with Gasteiger partial charge in [0.15, 0.2) is 11.9 Å². The van der Waals surface area contributed by atoms with Crippen molar-refractivity contribution in [3.63, 3.8) is 0 Å². The number of ketones is 1. The summed E-state index contributed by atoms with van der Waals surface area (Å²) in [6.07, 6.45) is 2.23. The Kier molecular flexibility index (Phi) is 8.05. The maximum Gasteiger partial charge on any atom is 0.261 e. The van der Waals surface area contributed by atoms with E-state index in [2.05, 4.69) is 12.2 Å². The van der Waals surface area contributed by atoms with E-state index in [9.17, 15) is 9.59 Å². The van der Waals surface area contributed by atoms with Crippen LogP contribution in [0.5, 0.6) is 11.5 Å². The Labute approximate surface area is 167 Å². The number of nitrogens with one attached hydrogen (secondary N) is 1. The molecule has 2 unspecified atom stereocenters. The molecular weight excluding hydrogens is 354 g/mol. The number of ether oxygens (including phenoxy) is 2. The minimum atomic E-state index is -0.676. The van der Waals surface area contributed by atoms with E-state index in [4.69, 9.17) is 9.47 Å². The highest BCUT2D eigenvalue weighted by Crippen LogP contribution is 2.23. The SMILES string of the molecule is CCCCC(NC(=O)C(C)Oc1cccc(C(C)=O)c1)c1ccc(OC)cc1. The number of benzene rings is 2. The van der Waals surface area contributed by atoms with Crippen LogP contribution in [0.25, 0.3) is 0 Å². The van der Waals surface area contributed by atoms with E-state index >= 15 is 0 Å². The fraction of sp³-hybridized carbons (Fsp3) is 0.391. The lowest BCUT2D eigenvalue weighted by Gasteiger charge is -2.22. The molecule has 2 aromatic carbocycles. The molecule has 0 saturated heterocycles. The topological polar surface area (TPSA) is 64.6 Å². The summed E-state index contributed by atoms with van der Waals surface area (Å²) in [4.78, 5) is 24.2. The van der Waals surface area contributed by atoms with E-state index in [1.165, 1.54) is 6.92 Å². The van der Waals surface area contributed by atoms with E-state index in [1.807, 2.05) is 24.3 Å². The molecule has 150 valence electrons. The molecular formula is C23H29NO4. The first-order valence-electron chi connectivity index (χ1n) is 9.66. The molecule has 1 amide bonds. The van der Waals surface area contributed by atoms with E-state index in [0.29, 0.717) is 11.3 Å². The Balaban J connectivity index is 2.06. The van der Waals surface area contributed by atoms with E-state index < -0.39 is 6.10 Å². The maximum absolute atomic E-state index is 12.7. The van der Waals surface area contributed by atoms with Crippen LogP contribution in [0.15, 0.2) is 48.5 Å². The number of Topliss-reactive ketones (excluding diaryl/α,β-unsaturated/α-hetero) is 1. The number of amides is 1. The predicted molar refractivity (Wildman–Crippen MR) is 110 cm³/mol. The Bertz CT molecular complexity index is 785. The summed E-state index contributed by atoms with van der Waals surface area (Å²) in [5, 5.41) is 3.09. The highest BCUT2D eigenvalue weighted by atomic mass is 16.5. The van der Waals surface area contributed by atoms with E-state index in [0.717, 1.165) is 30.6 Å². The molecule has 0 bridgehead atoms. The minimum Gasteiger partial charge on any atom is -0.497 e. The van der Waals surface area contributed by atoms with Crippen LogP contribution in [0.1, 0.15) is 62.0 Å². The number of unbranched alkanes of at least 4 members (excludes halogenated alkanes) is 1. The number of rotatable bonds is 10. The summed E-state index contributed by atoms with van der Waals surface area (Å²) in [5.74, 6) is 1.06. The van der Waals surface area contributed by atoms with Crippen molar-refractivity contribution in [3.8, 4) is 11.5 Å². The van der Waals surface area contributed by atoms with Crippen LogP contribution in [0, 0.1) is 0 Å². The van der Waals surface area contributed by atoms with Crippen LogP contribution in [-0.4, -0.2) is 24.9 Å². The van der Waals surface area contributed by atoms with Crippen LogP contribution in [0.4, 0.5) is 0 Å². The van der Waals surface area contributed by atoms with Crippen LogP contribution in [0.2, 0.25) is 0 Å². The fourth-order valence-corrected chi connectivity index (χ4v) is 2.90. The molecule has 0 aliphatic carbocycles. The van der Waals surface area contributed by atoms with Crippen molar-refractivity contribution in [1.82, 2.24) is 5.32 Å². The van der Waals surface area contributed by atoms with E-state index in [1.54, 1.807) is 38.3 Å². The van der Waals surface area contributed by atoms with Gasteiger partial charge in [-0.15, -0.1) is 0 Å². The molecule has 2 rings (SSSR count). The summed E-state index contributed by atoms with van der Waals surface area (Å²) in [6, 6.07) is 14.5. The molecule has 28 heavy (non-hydrogen) atoms. The summed E-state index contributed by atoms with van der Waals surface area (Å²) >= 11 is 0. The zero-order chi connectivity index (χ0) is 20.5. The smallest absolute Gasteiger partial charge is 0.261 e. The Morgan fingerprint density at radius 3 is 2.39 bits per heavy atom. The first kappa shape index (κ1) is 21.5. The van der Waals surface area contributed by atoms with Crippen LogP contribution in [-0.2, 0) is 4.79 Å². The van der Waals surface area contributed by atoms with Crippen molar-refractivity contribution in [1.29, 1.82) is 0 Å². The third-order valence-corrected chi connectivity index (χ3v) is 4.60. The molecule has 5 nitrogen and oxygen atoms in total. The number of carbonyl (C=O) groups is 2. The maximum atomic E-state index is 12.7. The van der Waals surface area contributed by atoms with Crippen molar-refractivity contribution in [2.24, 2.45) is 0 Å². The van der Waals surface area contributed by atoms with Gasteiger partial charge in [0.2, 0.25) is 0 Å². The lowest BCUT2D eigenvalue weighted by molar-refractivity contribution is -0.128. The molecule has 0 fully saturated rings. The molecule has 0 spiro atoms. The number of carbonyl (C=O) groups excluding carboxylic acids is 2. The molecule has 0 heterocycles. The standard InChI is InChI=1S/C23H29NO4/c1-5-6-10-22(18-11-13-20(27-4)14-12-18)24-23(26)17(3)28-21-9-7-8-19(15-21)16(2)25/h7-9,11-15,17,22H,5-6,10H2,1-4H3,(H,24,26). The second-order valence-corrected chi connectivity index (χ2v) is 6.82. The lowest BCUT2D eigenvalue weighted by atomic mass is 10.0. The normalized spacial score (nSPS) is 12.7. The van der Waals surface area contributed by atoms with Gasteiger partial charge in [0, 0.05) is 5.56 Å². The molecule has 1 N–H and O–H groups in total. The van der Waals surface area contributed by atoms with Crippen molar-refractivity contribution >= 4 is 11.7 Å². The average Bonchev–Trinajstić information content (AvgIpc) is 2.71. The van der Waals surface area contributed by atoms with Gasteiger partial charge in [-0.3, -0.25) is 9.59 Å². The van der Waals surface area contributed by atoms with Gasteiger partial charge in [0.25, 0.3) is 5.91 Å². The third kappa shape index (κ3) is 6.12. The van der Waals surface area contributed by atoms with Gasteiger partial charge in [-0.25, -0.2) is 0 Å². The molecule has 0 aliphatic heterocycles. The van der Waals surface area contributed by atoms with Gasteiger partial charge in [-0.2, -0.15) is 0 Å². The van der Waals surface area contributed by atoms with Crippen LogP contribution >= 0.6 is 0 Å². The van der Waals surface area contributed by atoms with Gasteiger partial charge >= 0.3 is 0 Å². The Morgan fingerprint density at radius 2 is 1.79 bits per heavy atom. The third-order valence-electron chi connectivity index (χ3n) is 4.60. The zero-order valence-corrected chi connectivity index (χ0v) is 17.0. The number of hydrogen-bond acceptors (Lipinski definition) is 4. The summed E-state index contributed by atoms with van der Waals surface area (Å²) in [7, 11) is 1.63. The molecule has 2 atom stereocenters. The van der Waals surface area contributed by atoms with Crippen molar-refractivity contribution in [2.75, 3.05) is 7.11 Å². The molecule has 0 aliphatic rings. The second-order valence-electron chi connectivity index (χ2n) is 6.82. The molecule has 0 radical (unpaired) electrons. The zero-order valence-electron chi connectivity index (χ0n) is 17.0. The predicted octanol–water partition coefficient (Wildman–Crippen LogP) is 4.71. The highest BCUT2D eigenvalue weighted by molar-refractivity contribution is 5.94. The summed E-state index contributed by atoms with van der Waals surface area (Å²) in [5.41, 5.74) is 1.59. The van der Waals surface area contributed by atoms with Crippen molar-refractivity contribution in [2.45, 2.75) is 52.2 Å². The van der Waals surface area contributed by atoms with Crippen molar-refractivity contribution in [3.05, 3.63) is 59.7 Å². The Hall–Kier alpha value is -2.82. The summed E-state index contributed by atoms with van der Waals surface area (Å²) in [6.45, 7) is 5.34. The quantitative estimate of drug-likeness (QED) is 0.603. The summed E-state index contributed by atoms with van der Waals surface area (Å²) < 4.78 is 11.0. The van der Waals surface area contributed by atoms with Gasteiger partial charge in [-0.1, -0.05) is 44.0 Å². The fourth-order valence-electron chi connectivity index (χ4n) is 2.90. The lowest BCUT2D eigenvalue weighted by Crippen LogP contribution is -2.38. The first-order chi connectivity index (χ1) is 13.4. The van der Waals surface area contributed by atoms with Gasteiger partial charge in [0.1, 0.15) is 11.5 Å². The molecule has 2 aromatic rings. The molecule has 0 aromatic heterocycles. The Morgan fingerprint density at radius 1 is 1.07 bits per heavy atom. The highest BCUT2D eigenvalue weighted by Gasteiger charge is 2.20. The van der Waals surface area contributed by atoms with Crippen molar-refractivity contribution < 1.29 is 19.1 Å². The largest absolute Gasteiger partial charge is 0.497 e. The van der Waals surface area contributed by atoms with Gasteiger partial charge in [0.05, 0.1) is 13.2 Å². The minimum absolute atomic E-state index is 0.0401. The van der Waals surface area contributed by atoms with Gasteiger partial charge in [-0.05, 0) is 50.1 Å². The number of methoxy groups -OCH3 is 1. The first-order valence-corrected chi connectivity index (χ1v) is 9.66. The van der Waals surface area contributed by atoms with Crippen LogP contribution in [0.3, 0.4) is 0 Å². The monoisotopic (exact) mass is 383 g/mol. The molecule has 5 heteroatoms. The van der Waals surface area contributed by atoms with Gasteiger partial charge < -0.3 is 14.8 Å². The average molecular weight is 383 g/mol.